The first-order chi connectivity index (χ1) is 9.61. The second-order valence-corrected chi connectivity index (χ2v) is 5.71. The first-order valence-corrected chi connectivity index (χ1v) is 7.44. The minimum absolute atomic E-state index is 0.307. The number of ether oxygens (including phenoxy) is 1. The highest BCUT2D eigenvalue weighted by molar-refractivity contribution is 7.99. The second kappa shape index (κ2) is 6.76. The van der Waals surface area contributed by atoms with Gasteiger partial charge in [0, 0.05) is 11.8 Å². The van der Waals surface area contributed by atoms with E-state index in [-0.39, 0.29) is 0 Å². The molecule has 108 valence electrons. The first kappa shape index (κ1) is 14.9. The Morgan fingerprint density at radius 1 is 1.40 bits per heavy atom. The molecule has 2 rings (SSSR count). The maximum Gasteiger partial charge on any atom is 0.191 e. The number of benzene rings is 1. The summed E-state index contributed by atoms with van der Waals surface area (Å²) < 4.78 is 7.15. The lowest BCUT2D eigenvalue weighted by molar-refractivity contribution is 0.203. The molecule has 20 heavy (non-hydrogen) atoms. The molecule has 0 radical (unpaired) electrons. The molecule has 0 saturated carbocycles. The minimum Gasteiger partial charge on any atom is -0.497 e. The van der Waals surface area contributed by atoms with Crippen LogP contribution in [0, 0.1) is 0 Å². The van der Waals surface area contributed by atoms with Gasteiger partial charge in [0.05, 0.1) is 13.2 Å². The van der Waals surface area contributed by atoms with Crippen molar-refractivity contribution in [3.8, 4) is 5.75 Å². The number of aromatic nitrogens is 3. The van der Waals surface area contributed by atoms with Crippen LogP contribution in [0.5, 0.6) is 5.75 Å². The number of aliphatic hydroxyl groups excluding tert-OH is 1. The lowest BCUT2D eigenvalue weighted by atomic mass is 10.1. The van der Waals surface area contributed by atoms with E-state index in [1.54, 1.807) is 13.4 Å². The first-order valence-electron chi connectivity index (χ1n) is 6.46. The average molecular weight is 293 g/mol. The van der Waals surface area contributed by atoms with Crippen molar-refractivity contribution in [3.05, 3.63) is 36.2 Å². The van der Waals surface area contributed by atoms with Gasteiger partial charge in [0.1, 0.15) is 12.1 Å². The standard InChI is InChI=1S/C14H19N3O2S/c1-10(2)17-9-15-16-14(17)20-8-13(18)11-5-4-6-12(7-11)19-3/h4-7,9-10,13,18H,8H2,1-3H3/t13-/m1/s1. The van der Waals surface area contributed by atoms with Crippen LogP contribution in [0.2, 0.25) is 0 Å². The highest BCUT2D eigenvalue weighted by Gasteiger charge is 2.13. The largest absolute Gasteiger partial charge is 0.497 e. The summed E-state index contributed by atoms with van der Waals surface area (Å²) in [6, 6.07) is 7.78. The van der Waals surface area contributed by atoms with E-state index in [2.05, 4.69) is 24.0 Å². The molecule has 0 spiro atoms. The lowest BCUT2D eigenvalue weighted by Crippen LogP contribution is -2.05. The second-order valence-electron chi connectivity index (χ2n) is 4.72. The molecule has 1 atom stereocenters. The van der Waals surface area contributed by atoms with Crippen LogP contribution >= 0.6 is 11.8 Å². The van der Waals surface area contributed by atoms with Crippen LogP contribution in [0.4, 0.5) is 0 Å². The van der Waals surface area contributed by atoms with Gasteiger partial charge in [0.2, 0.25) is 0 Å². The van der Waals surface area contributed by atoms with Crippen LogP contribution in [0.1, 0.15) is 31.6 Å². The van der Waals surface area contributed by atoms with Crippen molar-refractivity contribution in [2.75, 3.05) is 12.9 Å². The van der Waals surface area contributed by atoms with Gasteiger partial charge in [0.25, 0.3) is 0 Å². The number of rotatable bonds is 6. The normalized spacial score (nSPS) is 12.7. The monoisotopic (exact) mass is 293 g/mol. The van der Waals surface area contributed by atoms with Gasteiger partial charge >= 0.3 is 0 Å². The van der Waals surface area contributed by atoms with Crippen LogP contribution < -0.4 is 4.74 Å². The Balaban J connectivity index is 2.01. The molecule has 1 heterocycles. The Morgan fingerprint density at radius 2 is 2.20 bits per heavy atom. The molecular weight excluding hydrogens is 274 g/mol. The van der Waals surface area contributed by atoms with Gasteiger partial charge < -0.3 is 14.4 Å². The number of nitrogens with zero attached hydrogens (tertiary/aromatic N) is 3. The molecule has 5 nitrogen and oxygen atoms in total. The van der Waals surface area contributed by atoms with Gasteiger partial charge in [-0.2, -0.15) is 0 Å². The summed E-state index contributed by atoms with van der Waals surface area (Å²) in [6.45, 7) is 4.15. The number of hydrogen-bond donors (Lipinski definition) is 1. The fraction of sp³-hybridized carbons (Fsp3) is 0.429. The van der Waals surface area contributed by atoms with Crippen LogP contribution in [-0.2, 0) is 0 Å². The smallest absolute Gasteiger partial charge is 0.191 e. The summed E-state index contributed by atoms with van der Waals surface area (Å²) in [7, 11) is 1.62. The number of aliphatic hydroxyl groups is 1. The van der Waals surface area contributed by atoms with E-state index in [1.807, 2.05) is 28.8 Å². The predicted molar refractivity (Wildman–Crippen MR) is 79.1 cm³/mol. The van der Waals surface area contributed by atoms with Gasteiger partial charge in [-0.25, -0.2) is 0 Å². The molecular formula is C14H19N3O2S. The maximum absolute atomic E-state index is 10.2. The Labute approximate surface area is 123 Å². The summed E-state index contributed by atoms with van der Waals surface area (Å²) in [4.78, 5) is 0. The number of thioether (sulfide) groups is 1. The van der Waals surface area contributed by atoms with Crippen molar-refractivity contribution in [1.82, 2.24) is 14.8 Å². The van der Waals surface area contributed by atoms with Crippen LogP contribution in [0.25, 0.3) is 0 Å². The zero-order valence-electron chi connectivity index (χ0n) is 11.9. The summed E-state index contributed by atoms with van der Waals surface area (Å²) in [5, 5.41) is 19.0. The van der Waals surface area contributed by atoms with Gasteiger partial charge in [0.15, 0.2) is 5.16 Å². The molecule has 0 fully saturated rings. The molecule has 0 unspecified atom stereocenters. The van der Waals surface area contributed by atoms with Gasteiger partial charge in [-0.3, -0.25) is 0 Å². The van der Waals surface area contributed by atoms with Crippen LogP contribution in [0.3, 0.4) is 0 Å². The van der Waals surface area contributed by atoms with Crippen molar-refractivity contribution < 1.29 is 9.84 Å². The lowest BCUT2D eigenvalue weighted by Gasteiger charge is -2.13. The molecule has 0 amide bonds. The highest BCUT2D eigenvalue weighted by Crippen LogP contribution is 2.26. The quantitative estimate of drug-likeness (QED) is 0.830. The van der Waals surface area contributed by atoms with Gasteiger partial charge in [-0.1, -0.05) is 23.9 Å². The Bertz CT molecular complexity index is 557. The van der Waals surface area contributed by atoms with E-state index >= 15 is 0 Å². The molecule has 2 aromatic rings. The van der Waals surface area contributed by atoms with Crippen molar-refractivity contribution in [1.29, 1.82) is 0 Å². The number of methoxy groups -OCH3 is 1. The molecule has 6 heteroatoms. The van der Waals surface area contributed by atoms with E-state index < -0.39 is 6.10 Å². The molecule has 0 bridgehead atoms. The summed E-state index contributed by atoms with van der Waals surface area (Å²) in [6.07, 6.45) is 1.15. The summed E-state index contributed by atoms with van der Waals surface area (Å²) in [5.74, 6) is 1.27. The maximum atomic E-state index is 10.2. The molecule has 1 aromatic carbocycles. The van der Waals surface area contributed by atoms with E-state index in [4.69, 9.17) is 4.74 Å². The molecule has 0 aliphatic heterocycles. The van der Waals surface area contributed by atoms with E-state index in [1.165, 1.54) is 11.8 Å². The van der Waals surface area contributed by atoms with E-state index in [0.717, 1.165) is 16.5 Å². The number of hydrogen-bond acceptors (Lipinski definition) is 5. The molecule has 0 aliphatic carbocycles. The Hall–Kier alpha value is -1.53. The van der Waals surface area contributed by atoms with Gasteiger partial charge in [-0.15, -0.1) is 10.2 Å². The molecule has 1 aromatic heterocycles. The fourth-order valence-corrected chi connectivity index (χ4v) is 2.80. The van der Waals surface area contributed by atoms with Crippen LogP contribution in [0.15, 0.2) is 35.7 Å². The topological polar surface area (TPSA) is 60.2 Å². The van der Waals surface area contributed by atoms with Crippen molar-refractivity contribution in [3.63, 3.8) is 0 Å². The molecule has 0 aliphatic rings. The van der Waals surface area contributed by atoms with Crippen molar-refractivity contribution >= 4 is 11.8 Å². The fourth-order valence-electron chi connectivity index (χ4n) is 1.79. The summed E-state index contributed by atoms with van der Waals surface area (Å²) in [5.41, 5.74) is 0.840. The minimum atomic E-state index is -0.563. The summed E-state index contributed by atoms with van der Waals surface area (Å²) >= 11 is 1.50. The third-order valence-electron chi connectivity index (χ3n) is 2.95. The molecule has 0 saturated heterocycles. The predicted octanol–water partition coefficient (Wildman–Crippen LogP) is 2.69. The van der Waals surface area contributed by atoms with Crippen molar-refractivity contribution in [2.24, 2.45) is 0 Å². The van der Waals surface area contributed by atoms with E-state index in [9.17, 15) is 5.11 Å². The zero-order valence-corrected chi connectivity index (χ0v) is 12.7. The highest BCUT2D eigenvalue weighted by atomic mass is 32.2. The average Bonchev–Trinajstić information content (AvgIpc) is 2.93. The van der Waals surface area contributed by atoms with E-state index in [0.29, 0.717) is 11.8 Å². The van der Waals surface area contributed by atoms with Gasteiger partial charge in [-0.05, 0) is 31.5 Å². The Morgan fingerprint density at radius 3 is 2.90 bits per heavy atom. The van der Waals surface area contributed by atoms with Crippen molar-refractivity contribution in [2.45, 2.75) is 31.1 Å². The zero-order chi connectivity index (χ0) is 14.5. The van der Waals surface area contributed by atoms with Crippen LogP contribution in [-0.4, -0.2) is 32.7 Å². The third kappa shape index (κ3) is 3.52. The Kier molecular flexibility index (Phi) is 5.03. The molecule has 1 N–H and O–H groups in total. The third-order valence-corrected chi connectivity index (χ3v) is 3.98. The SMILES string of the molecule is COc1cccc([C@H](O)CSc2nncn2C(C)C)c1.